The van der Waals surface area contributed by atoms with Gasteiger partial charge in [-0.25, -0.2) is 17.5 Å². The first kappa shape index (κ1) is 16.9. The number of carbonyl (C=O) groups is 4. The molecule has 136 valence electrons. The van der Waals surface area contributed by atoms with E-state index in [1.165, 1.54) is 36.4 Å². The van der Waals surface area contributed by atoms with E-state index in [-0.39, 0.29) is 26.6 Å². The summed E-state index contributed by atoms with van der Waals surface area (Å²) in [6, 6.07) is 11.4. The summed E-state index contributed by atoms with van der Waals surface area (Å²) in [7, 11) is -4.21. The van der Waals surface area contributed by atoms with Crippen LogP contribution in [0.1, 0.15) is 31.1 Å². The zero-order valence-corrected chi connectivity index (χ0v) is 14.3. The molecule has 0 aliphatic carbocycles. The SMILES string of the molecule is O=C(CN1C(=O)c2ccccc2S1(=O)=O)ON1C(=O)c2ccccc2C1=O. The van der Waals surface area contributed by atoms with Crippen LogP contribution >= 0.6 is 0 Å². The summed E-state index contributed by atoms with van der Waals surface area (Å²) in [5.74, 6) is -3.81. The number of amides is 3. The molecule has 3 amide bonds. The van der Waals surface area contributed by atoms with Gasteiger partial charge in [0.1, 0.15) is 11.4 Å². The van der Waals surface area contributed by atoms with Gasteiger partial charge >= 0.3 is 5.97 Å². The highest BCUT2D eigenvalue weighted by Gasteiger charge is 2.44. The Bertz CT molecular complexity index is 1100. The molecule has 0 unspecified atom stereocenters. The molecule has 2 aliphatic rings. The lowest BCUT2D eigenvalue weighted by atomic mass is 10.1. The Hall–Kier alpha value is -3.53. The van der Waals surface area contributed by atoms with Crippen LogP contribution in [0.3, 0.4) is 0 Å². The Morgan fingerprint density at radius 1 is 0.815 bits per heavy atom. The number of hydroxylamine groups is 2. The van der Waals surface area contributed by atoms with Gasteiger partial charge in [0.05, 0.1) is 16.7 Å². The molecule has 4 rings (SSSR count). The number of rotatable bonds is 3. The van der Waals surface area contributed by atoms with Crippen LogP contribution in [0, 0.1) is 0 Å². The van der Waals surface area contributed by atoms with Crippen molar-refractivity contribution in [2.75, 3.05) is 6.54 Å². The summed E-state index contributed by atoms with van der Waals surface area (Å²) >= 11 is 0. The second-order valence-electron chi connectivity index (χ2n) is 5.73. The molecule has 0 N–H and O–H groups in total. The van der Waals surface area contributed by atoms with Crippen LogP contribution in [0.4, 0.5) is 0 Å². The van der Waals surface area contributed by atoms with E-state index < -0.39 is 40.3 Å². The standard InChI is InChI=1S/C17H10N2O7S/c20-14(26-19-16(22)10-5-1-2-6-11(10)17(19)23)9-18-15(21)12-7-3-4-8-13(12)27(18,24)25/h1-8H,9H2. The van der Waals surface area contributed by atoms with E-state index in [1.54, 1.807) is 12.1 Å². The maximum atomic E-state index is 12.4. The quantitative estimate of drug-likeness (QED) is 0.708. The number of carbonyl (C=O) groups excluding carboxylic acids is 4. The summed E-state index contributed by atoms with van der Waals surface area (Å²) in [4.78, 5) is 53.3. The third-order valence-electron chi connectivity index (χ3n) is 4.13. The van der Waals surface area contributed by atoms with Gasteiger partial charge in [-0.15, -0.1) is 0 Å². The third-order valence-corrected chi connectivity index (χ3v) is 5.92. The molecule has 0 bridgehead atoms. The fraction of sp³-hybridized carbons (Fsp3) is 0.0588. The minimum atomic E-state index is -4.21. The average Bonchev–Trinajstić information content (AvgIpc) is 3.01. The molecule has 2 aromatic carbocycles. The van der Waals surface area contributed by atoms with Gasteiger partial charge in [-0.1, -0.05) is 29.3 Å². The highest BCUT2D eigenvalue weighted by Crippen LogP contribution is 2.30. The predicted octanol–water partition coefficient (Wildman–Crippen LogP) is 0.586. The fourth-order valence-corrected chi connectivity index (χ4v) is 4.40. The Labute approximate surface area is 152 Å². The molecular weight excluding hydrogens is 376 g/mol. The molecular formula is C17H10N2O7S. The van der Waals surface area contributed by atoms with Gasteiger partial charge in [-0.2, -0.15) is 0 Å². The van der Waals surface area contributed by atoms with Crippen molar-refractivity contribution in [3.05, 3.63) is 65.2 Å². The van der Waals surface area contributed by atoms with Crippen molar-refractivity contribution in [3.8, 4) is 0 Å². The smallest absolute Gasteiger partial charge is 0.328 e. The van der Waals surface area contributed by atoms with Gasteiger partial charge in [0.25, 0.3) is 27.7 Å². The first-order valence-corrected chi connectivity index (χ1v) is 9.11. The minimum absolute atomic E-state index is 0.0626. The van der Waals surface area contributed by atoms with Crippen molar-refractivity contribution < 1.29 is 32.4 Å². The number of fused-ring (bicyclic) bond motifs is 2. The first-order valence-electron chi connectivity index (χ1n) is 7.67. The van der Waals surface area contributed by atoms with Gasteiger partial charge in [-0.05, 0) is 24.3 Å². The zero-order chi connectivity index (χ0) is 19.3. The third kappa shape index (κ3) is 2.41. The molecule has 2 heterocycles. The lowest BCUT2D eigenvalue weighted by Crippen LogP contribution is -2.40. The molecule has 0 saturated heterocycles. The van der Waals surface area contributed by atoms with Crippen LogP contribution in [0.2, 0.25) is 0 Å². The van der Waals surface area contributed by atoms with E-state index in [1.807, 2.05) is 0 Å². The molecule has 27 heavy (non-hydrogen) atoms. The van der Waals surface area contributed by atoms with Crippen LogP contribution in [-0.2, 0) is 19.7 Å². The summed E-state index contributed by atoms with van der Waals surface area (Å²) in [6.07, 6.45) is 0. The zero-order valence-electron chi connectivity index (χ0n) is 13.5. The van der Waals surface area contributed by atoms with E-state index in [9.17, 15) is 27.6 Å². The van der Waals surface area contributed by atoms with Gasteiger partial charge in [-0.3, -0.25) is 14.4 Å². The molecule has 9 nitrogen and oxygen atoms in total. The normalized spacial score (nSPS) is 17.1. The van der Waals surface area contributed by atoms with E-state index in [0.29, 0.717) is 4.31 Å². The van der Waals surface area contributed by atoms with Crippen molar-refractivity contribution >= 4 is 33.7 Å². The van der Waals surface area contributed by atoms with Crippen molar-refractivity contribution in [1.29, 1.82) is 0 Å². The van der Waals surface area contributed by atoms with E-state index >= 15 is 0 Å². The minimum Gasteiger partial charge on any atom is -0.328 e. The van der Waals surface area contributed by atoms with E-state index in [4.69, 9.17) is 4.84 Å². The lowest BCUT2D eigenvalue weighted by molar-refractivity contribution is -0.168. The molecule has 0 aromatic heterocycles. The predicted molar refractivity (Wildman–Crippen MR) is 87.7 cm³/mol. The number of sulfonamides is 1. The Balaban J connectivity index is 1.54. The number of nitrogens with zero attached hydrogens (tertiary/aromatic N) is 2. The Kier molecular flexibility index (Phi) is 3.60. The van der Waals surface area contributed by atoms with Gasteiger partial charge in [0.2, 0.25) is 0 Å². The van der Waals surface area contributed by atoms with Crippen LogP contribution in [0.5, 0.6) is 0 Å². The summed E-state index contributed by atoms with van der Waals surface area (Å²) in [5, 5.41) is 0.257. The molecule has 10 heteroatoms. The molecule has 0 spiro atoms. The molecule has 0 radical (unpaired) electrons. The average molecular weight is 386 g/mol. The van der Waals surface area contributed by atoms with Gasteiger partial charge in [0, 0.05) is 0 Å². The molecule has 2 aliphatic heterocycles. The van der Waals surface area contributed by atoms with Crippen LogP contribution in [0.15, 0.2) is 53.4 Å². The van der Waals surface area contributed by atoms with Crippen LogP contribution < -0.4 is 0 Å². The number of benzene rings is 2. The summed E-state index contributed by atoms with van der Waals surface area (Å²) in [5.41, 5.74) is 0.0613. The number of imide groups is 1. The second-order valence-corrected chi connectivity index (χ2v) is 7.56. The summed E-state index contributed by atoms with van der Waals surface area (Å²) < 4.78 is 25.2. The van der Waals surface area contributed by atoms with Crippen LogP contribution in [-0.4, -0.2) is 48.0 Å². The van der Waals surface area contributed by atoms with Crippen molar-refractivity contribution in [2.45, 2.75) is 4.90 Å². The molecule has 0 fully saturated rings. The van der Waals surface area contributed by atoms with E-state index in [2.05, 4.69) is 0 Å². The summed E-state index contributed by atoms with van der Waals surface area (Å²) in [6.45, 7) is -0.969. The van der Waals surface area contributed by atoms with Gasteiger partial charge < -0.3 is 4.84 Å². The van der Waals surface area contributed by atoms with Crippen molar-refractivity contribution in [1.82, 2.24) is 9.37 Å². The Morgan fingerprint density at radius 3 is 1.89 bits per heavy atom. The number of hydrogen-bond acceptors (Lipinski definition) is 7. The second kappa shape index (κ2) is 5.74. The maximum Gasteiger partial charge on any atom is 0.353 e. The molecule has 0 atom stereocenters. The van der Waals surface area contributed by atoms with Crippen molar-refractivity contribution in [2.24, 2.45) is 0 Å². The lowest BCUT2D eigenvalue weighted by Gasteiger charge is -2.17. The molecule has 2 aromatic rings. The number of hydrogen-bond donors (Lipinski definition) is 0. The Morgan fingerprint density at radius 2 is 1.33 bits per heavy atom. The largest absolute Gasteiger partial charge is 0.353 e. The maximum absolute atomic E-state index is 12.4. The van der Waals surface area contributed by atoms with Gasteiger partial charge in [0.15, 0.2) is 0 Å². The fourth-order valence-electron chi connectivity index (χ4n) is 2.89. The van der Waals surface area contributed by atoms with Crippen LogP contribution in [0.25, 0.3) is 0 Å². The monoisotopic (exact) mass is 386 g/mol. The first-order chi connectivity index (χ1) is 12.8. The van der Waals surface area contributed by atoms with E-state index in [0.717, 1.165) is 0 Å². The topological polar surface area (TPSA) is 118 Å². The molecule has 0 saturated carbocycles. The highest BCUT2D eigenvalue weighted by molar-refractivity contribution is 7.90. The highest BCUT2D eigenvalue weighted by atomic mass is 32.2. The van der Waals surface area contributed by atoms with Crippen molar-refractivity contribution in [3.63, 3.8) is 0 Å².